The highest BCUT2D eigenvalue weighted by molar-refractivity contribution is 5.82. The van der Waals surface area contributed by atoms with Gasteiger partial charge in [0.25, 0.3) is 0 Å². The van der Waals surface area contributed by atoms with E-state index in [9.17, 15) is 4.79 Å². The van der Waals surface area contributed by atoms with Crippen molar-refractivity contribution in [3.8, 4) is 0 Å². The molecule has 3 nitrogen and oxygen atoms in total. The first-order valence-electron chi connectivity index (χ1n) is 5.89. The van der Waals surface area contributed by atoms with Crippen LogP contribution in [-0.4, -0.2) is 25.2 Å². The van der Waals surface area contributed by atoms with Gasteiger partial charge in [-0.25, -0.2) is 0 Å². The highest BCUT2D eigenvalue weighted by Gasteiger charge is 2.51. The smallest absolute Gasteiger partial charge is 0.326 e. The number of nitrogens with one attached hydrogen (secondary N) is 1. The van der Waals surface area contributed by atoms with Gasteiger partial charge in [0, 0.05) is 0 Å². The molecule has 0 aromatic carbocycles. The molecule has 0 saturated heterocycles. The molecule has 1 rings (SSSR count). The minimum atomic E-state index is -0.375. The van der Waals surface area contributed by atoms with Crippen LogP contribution in [0.1, 0.15) is 40.0 Å². The first kappa shape index (κ1) is 12.5. The Hall–Kier alpha value is -0.570. The Bertz CT molecular complexity index is 220. The van der Waals surface area contributed by atoms with E-state index < -0.39 is 0 Å². The summed E-state index contributed by atoms with van der Waals surface area (Å²) in [5.41, 5.74) is -0.375. The van der Waals surface area contributed by atoms with E-state index in [2.05, 4.69) is 26.1 Å². The zero-order chi connectivity index (χ0) is 11.5. The minimum absolute atomic E-state index is 0.0900. The number of hydrogen-bond acceptors (Lipinski definition) is 3. The van der Waals surface area contributed by atoms with Crippen LogP contribution < -0.4 is 5.32 Å². The molecule has 0 bridgehead atoms. The van der Waals surface area contributed by atoms with Crippen LogP contribution in [0.3, 0.4) is 0 Å². The Kier molecular flexibility index (Phi) is 4.14. The molecule has 88 valence electrons. The number of rotatable bonds is 5. The Morgan fingerprint density at radius 3 is 2.53 bits per heavy atom. The molecule has 3 heteroatoms. The Labute approximate surface area is 92.6 Å². The largest absolute Gasteiger partial charge is 0.468 e. The third kappa shape index (κ3) is 2.51. The molecule has 0 unspecified atom stereocenters. The average molecular weight is 213 g/mol. The van der Waals surface area contributed by atoms with Gasteiger partial charge in [0.1, 0.15) is 5.54 Å². The first-order valence-corrected chi connectivity index (χ1v) is 5.89. The van der Waals surface area contributed by atoms with Gasteiger partial charge >= 0.3 is 5.97 Å². The normalized spacial score (nSPS) is 30.1. The van der Waals surface area contributed by atoms with E-state index in [1.54, 1.807) is 0 Å². The summed E-state index contributed by atoms with van der Waals surface area (Å²) < 4.78 is 4.88. The van der Waals surface area contributed by atoms with Crippen LogP contribution in [0, 0.1) is 11.8 Å². The molecule has 0 spiro atoms. The predicted octanol–water partition coefficient (Wildman–Crippen LogP) is 1.96. The van der Waals surface area contributed by atoms with Gasteiger partial charge in [0.05, 0.1) is 7.11 Å². The second-order valence-electron chi connectivity index (χ2n) is 4.91. The molecule has 0 atom stereocenters. The van der Waals surface area contributed by atoms with Gasteiger partial charge in [0.2, 0.25) is 0 Å². The maximum atomic E-state index is 11.7. The fourth-order valence-corrected chi connectivity index (χ4v) is 2.25. The number of ether oxygens (including phenoxy) is 1. The quantitative estimate of drug-likeness (QED) is 0.709. The molecule has 0 heterocycles. The molecular weight excluding hydrogens is 190 g/mol. The number of methoxy groups -OCH3 is 1. The van der Waals surface area contributed by atoms with Gasteiger partial charge < -0.3 is 10.1 Å². The van der Waals surface area contributed by atoms with Crippen LogP contribution in [0.2, 0.25) is 0 Å². The lowest BCUT2D eigenvalue weighted by Gasteiger charge is -2.47. The first-order chi connectivity index (χ1) is 7.05. The lowest BCUT2D eigenvalue weighted by atomic mass is 9.64. The summed E-state index contributed by atoms with van der Waals surface area (Å²) in [5, 5.41) is 3.34. The van der Waals surface area contributed by atoms with E-state index in [1.165, 1.54) is 7.11 Å². The van der Waals surface area contributed by atoms with E-state index >= 15 is 0 Å². The lowest BCUT2D eigenvalue weighted by Crippen LogP contribution is -2.62. The summed E-state index contributed by atoms with van der Waals surface area (Å²) in [5.74, 6) is 1.23. The van der Waals surface area contributed by atoms with Gasteiger partial charge in [-0.1, -0.05) is 20.8 Å². The van der Waals surface area contributed by atoms with Crippen molar-refractivity contribution in [3.63, 3.8) is 0 Å². The van der Waals surface area contributed by atoms with Crippen molar-refractivity contribution < 1.29 is 9.53 Å². The summed E-state index contributed by atoms with van der Waals surface area (Å²) >= 11 is 0. The standard InChI is InChI=1S/C12H23NO2/c1-5-6-13-12(11(14)15-4)7-10(8-12)9(2)3/h9-10,13H,5-8H2,1-4H3. The SMILES string of the molecule is CCCNC1(C(=O)OC)CC(C(C)C)C1. The van der Waals surface area contributed by atoms with Gasteiger partial charge in [-0.2, -0.15) is 0 Å². The predicted molar refractivity (Wildman–Crippen MR) is 60.6 cm³/mol. The van der Waals surface area contributed by atoms with Gasteiger partial charge in [-0.05, 0) is 37.6 Å². The molecule has 0 aliphatic heterocycles. The maximum absolute atomic E-state index is 11.7. The second kappa shape index (κ2) is 4.97. The fourth-order valence-electron chi connectivity index (χ4n) is 2.25. The molecular formula is C12H23NO2. The van der Waals surface area contributed by atoms with Crippen molar-refractivity contribution in [2.24, 2.45) is 11.8 Å². The molecule has 0 radical (unpaired) electrons. The summed E-state index contributed by atoms with van der Waals surface area (Å²) in [6.07, 6.45) is 2.90. The highest BCUT2D eigenvalue weighted by Crippen LogP contribution is 2.42. The highest BCUT2D eigenvalue weighted by atomic mass is 16.5. The van der Waals surface area contributed by atoms with E-state index in [0.29, 0.717) is 11.8 Å². The van der Waals surface area contributed by atoms with Gasteiger partial charge in [-0.15, -0.1) is 0 Å². The number of carbonyl (C=O) groups excluding carboxylic acids is 1. The Balaban J connectivity index is 2.55. The molecule has 1 aliphatic carbocycles. The maximum Gasteiger partial charge on any atom is 0.326 e. The molecule has 1 fully saturated rings. The van der Waals surface area contributed by atoms with E-state index in [-0.39, 0.29) is 11.5 Å². The number of hydrogen-bond donors (Lipinski definition) is 1. The third-order valence-corrected chi connectivity index (χ3v) is 3.45. The molecule has 0 amide bonds. The van der Waals surface area contributed by atoms with Crippen molar-refractivity contribution in [2.75, 3.05) is 13.7 Å². The van der Waals surface area contributed by atoms with Crippen LogP contribution in [0.4, 0.5) is 0 Å². The summed E-state index contributed by atoms with van der Waals surface area (Å²) in [4.78, 5) is 11.7. The molecule has 15 heavy (non-hydrogen) atoms. The summed E-state index contributed by atoms with van der Waals surface area (Å²) in [7, 11) is 1.47. The lowest BCUT2D eigenvalue weighted by molar-refractivity contribution is -0.156. The van der Waals surface area contributed by atoms with Crippen molar-refractivity contribution in [3.05, 3.63) is 0 Å². The zero-order valence-corrected chi connectivity index (χ0v) is 10.3. The molecule has 1 N–H and O–H groups in total. The Morgan fingerprint density at radius 1 is 1.53 bits per heavy atom. The Morgan fingerprint density at radius 2 is 2.13 bits per heavy atom. The van der Waals surface area contributed by atoms with Gasteiger partial charge in [0.15, 0.2) is 0 Å². The summed E-state index contributed by atoms with van der Waals surface area (Å²) in [6.45, 7) is 7.42. The van der Waals surface area contributed by atoms with Crippen molar-refractivity contribution in [1.29, 1.82) is 0 Å². The second-order valence-corrected chi connectivity index (χ2v) is 4.91. The van der Waals surface area contributed by atoms with Crippen LogP contribution >= 0.6 is 0 Å². The van der Waals surface area contributed by atoms with Crippen LogP contribution in [0.5, 0.6) is 0 Å². The third-order valence-electron chi connectivity index (χ3n) is 3.45. The minimum Gasteiger partial charge on any atom is -0.468 e. The molecule has 1 aliphatic rings. The number of carbonyl (C=O) groups is 1. The van der Waals surface area contributed by atoms with Crippen molar-refractivity contribution in [2.45, 2.75) is 45.6 Å². The van der Waals surface area contributed by atoms with E-state index in [4.69, 9.17) is 4.74 Å². The number of esters is 1. The monoisotopic (exact) mass is 213 g/mol. The van der Waals surface area contributed by atoms with E-state index in [1.807, 2.05) is 0 Å². The topological polar surface area (TPSA) is 38.3 Å². The van der Waals surface area contributed by atoms with Crippen molar-refractivity contribution >= 4 is 5.97 Å². The zero-order valence-electron chi connectivity index (χ0n) is 10.3. The molecule has 0 aromatic heterocycles. The molecule has 1 saturated carbocycles. The van der Waals surface area contributed by atoms with Crippen LogP contribution in [-0.2, 0) is 9.53 Å². The summed E-state index contributed by atoms with van der Waals surface area (Å²) in [6, 6.07) is 0. The van der Waals surface area contributed by atoms with Crippen molar-refractivity contribution in [1.82, 2.24) is 5.32 Å². The molecule has 0 aromatic rings. The average Bonchev–Trinajstić information content (AvgIpc) is 2.15. The fraction of sp³-hybridized carbons (Fsp3) is 0.917. The van der Waals surface area contributed by atoms with Gasteiger partial charge in [-0.3, -0.25) is 4.79 Å². The van der Waals surface area contributed by atoms with E-state index in [0.717, 1.165) is 25.8 Å². The van der Waals surface area contributed by atoms with Crippen LogP contribution in [0.15, 0.2) is 0 Å². The van der Waals surface area contributed by atoms with Crippen LogP contribution in [0.25, 0.3) is 0 Å².